The van der Waals surface area contributed by atoms with Crippen LogP contribution in [0.15, 0.2) is 95.0 Å². The molecular weight excluding hydrogens is 937 g/mol. The van der Waals surface area contributed by atoms with Crippen LogP contribution in [-0.2, 0) is 6.54 Å². The van der Waals surface area contributed by atoms with Gasteiger partial charge in [-0.2, -0.15) is 10.2 Å². The van der Waals surface area contributed by atoms with Gasteiger partial charge in [-0.25, -0.2) is 56.8 Å². The number of nitrogens with two attached hydrogens (primary N) is 2. The van der Waals surface area contributed by atoms with Gasteiger partial charge < -0.3 is 20.9 Å². The molecule has 2 fully saturated rings. The van der Waals surface area contributed by atoms with E-state index in [1.807, 2.05) is 6.92 Å². The molecule has 0 aliphatic heterocycles. The van der Waals surface area contributed by atoms with Crippen LogP contribution in [0, 0.1) is 23.3 Å². The van der Waals surface area contributed by atoms with E-state index in [4.69, 9.17) is 31.0 Å². The SMILES string of the molecule is COc1ccc(-c2nn(C(C)c3nc4cccc(F)c4c(=O)n3C3CC3)c3ncnc(N)c23)cc1F.COc1ccc(-c2nn(Cc3nc4cccc(F)c4c(=O)n3C3CCC3)c3ncnc(N)c23)cc1F. The second-order valence-electron chi connectivity index (χ2n) is 17.5. The molecule has 72 heavy (non-hydrogen) atoms. The lowest BCUT2D eigenvalue weighted by atomic mass is 9.92. The molecule has 0 radical (unpaired) electrons. The molecule has 2 aliphatic carbocycles. The Morgan fingerprint density at radius 3 is 1.69 bits per heavy atom. The number of hydrogen-bond donors (Lipinski definition) is 2. The molecule has 0 spiro atoms. The molecule has 0 bridgehead atoms. The van der Waals surface area contributed by atoms with Gasteiger partial charge in [0.15, 0.2) is 34.4 Å². The summed E-state index contributed by atoms with van der Waals surface area (Å²) in [5.74, 6) is -0.894. The molecule has 4 N–H and O–H groups in total. The summed E-state index contributed by atoms with van der Waals surface area (Å²) >= 11 is 0. The third kappa shape index (κ3) is 7.65. The Labute approximate surface area is 404 Å². The Balaban J connectivity index is 0.000000156. The first-order valence-corrected chi connectivity index (χ1v) is 22.9. The molecule has 2 saturated carbocycles. The maximum absolute atomic E-state index is 14.6. The number of aromatic nitrogens is 12. The van der Waals surface area contributed by atoms with Crippen LogP contribution < -0.4 is 32.1 Å². The predicted octanol–water partition coefficient (Wildman–Crippen LogP) is 7.86. The summed E-state index contributed by atoms with van der Waals surface area (Å²) in [4.78, 5) is 53.1. The Kier molecular flexibility index (Phi) is 11.3. The van der Waals surface area contributed by atoms with Crippen molar-refractivity contribution < 1.29 is 27.0 Å². The highest BCUT2D eigenvalue weighted by atomic mass is 19.1. The molecule has 0 amide bonds. The van der Waals surface area contributed by atoms with Gasteiger partial charge in [-0.3, -0.25) is 18.7 Å². The first-order valence-electron chi connectivity index (χ1n) is 22.9. The van der Waals surface area contributed by atoms with Gasteiger partial charge >= 0.3 is 0 Å². The first-order chi connectivity index (χ1) is 34.8. The zero-order valence-electron chi connectivity index (χ0n) is 38.7. The van der Waals surface area contributed by atoms with Crippen molar-refractivity contribution in [1.29, 1.82) is 0 Å². The molecule has 0 saturated heterocycles. The van der Waals surface area contributed by atoms with Gasteiger partial charge in [-0.1, -0.05) is 12.1 Å². The van der Waals surface area contributed by atoms with E-state index in [-0.39, 0.29) is 63.6 Å². The van der Waals surface area contributed by atoms with Crippen LogP contribution in [-0.4, -0.2) is 72.8 Å². The summed E-state index contributed by atoms with van der Waals surface area (Å²) in [6, 6.07) is 17.0. The van der Waals surface area contributed by atoms with Crippen LogP contribution in [0.5, 0.6) is 11.5 Å². The Morgan fingerprint density at radius 1 is 0.625 bits per heavy atom. The monoisotopic (exact) mass is 978 g/mol. The van der Waals surface area contributed by atoms with Crippen molar-refractivity contribution in [3.8, 4) is 34.0 Å². The summed E-state index contributed by atoms with van der Waals surface area (Å²) in [6.45, 7) is 1.90. The third-order valence-electron chi connectivity index (χ3n) is 13.2. The number of benzene rings is 4. The smallest absolute Gasteiger partial charge is 0.264 e. The van der Waals surface area contributed by atoms with Gasteiger partial charge in [0.1, 0.15) is 82.3 Å². The molecule has 10 aromatic rings. The maximum Gasteiger partial charge on any atom is 0.264 e. The van der Waals surface area contributed by atoms with E-state index in [2.05, 4.69) is 30.0 Å². The van der Waals surface area contributed by atoms with Gasteiger partial charge in [0.05, 0.1) is 36.0 Å². The number of anilines is 2. The minimum absolute atomic E-state index is 0.0283. The van der Waals surface area contributed by atoms with E-state index in [1.54, 1.807) is 42.8 Å². The highest BCUT2D eigenvalue weighted by Gasteiger charge is 2.33. The lowest BCUT2D eigenvalue weighted by Gasteiger charge is -2.29. The highest BCUT2D eigenvalue weighted by molar-refractivity contribution is 5.99. The minimum atomic E-state index is -0.604. The van der Waals surface area contributed by atoms with Crippen LogP contribution in [0.2, 0.25) is 0 Å². The van der Waals surface area contributed by atoms with Crippen molar-refractivity contribution in [3.63, 3.8) is 0 Å². The largest absolute Gasteiger partial charge is 0.494 e. The van der Waals surface area contributed by atoms with Crippen LogP contribution >= 0.6 is 0 Å². The number of ether oxygens (including phenoxy) is 2. The molecule has 1 atom stereocenters. The third-order valence-corrected chi connectivity index (χ3v) is 13.2. The summed E-state index contributed by atoms with van der Waals surface area (Å²) in [5, 5.41) is 10.3. The molecule has 2 aliphatic rings. The van der Waals surface area contributed by atoms with Crippen LogP contribution in [0.1, 0.15) is 68.8 Å². The first kappa shape index (κ1) is 45.6. The Morgan fingerprint density at radius 2 is 1.15 bits per heavy atom. The fourth-order valence-electron chi connectivity index (χ4n) is 9.26. The second kappa shape index (κ2) is 17.9. The number of nitrogen functional groups attached to an aromatic ring is 2. The lowest BCUT2D eigenvalue weighted by Crippen LogP contribution is -2.34. The van der Waals surface area contributed by atoms with E-state index in [0.717, 1.165) is 32.1 Å². The fraction of sp³-hybridized carbons (Fsp3) is 0.240. The molecule has 4 aromatic carbocycles. The predicted molar refractivity (Wildman–Crippen MR) is 259 cm³/mol. The number of fused-ring (bicyclic) bond motifs is 4. The van der Waals surface area contributed by atoms with Gasteiger partial charge in [0, 0.05) is 23.2 Å². The van der Waals surface area contributed by atoms with E-state index in [9.17, 15) is 27.2 Å². The van der Waals surface area contributed by atoms with Crippen molar-refractivity contribution in [2.24, 2.45) is 0 Å². The lowest BCUT2D eigenvalue weighted by molar-refractivity contribution is 0.294. The van der Waals surface area contributed by atoms with Crippen LogP contribution in [0.25, 0.3) is 66.4 Å². The van der Waals surface area contributed by atoms with Gasteiger partial charge in [0.2, 0.25) is 0 Å². The standard InChI is InChI=1S/2C25H21F2N7O2/c1-12(23-31-17-5-3-4-15(26)19(17)25(35)33(23)14-7-8-14)34-24-20(22(28)29-11-30-24)21(32-34)13-6-9-18(36-2)16(27)10-13;1-36-18-9-8-13(10-16(18)27)22-21-23(28)29-12-30-24(21)33(32-22)11-19-31-17-7-3-6-15(26)20(17)25(35)34(19)14-4-2-5-14/h3-6,9-12,14H,7-8H2,1-2H3,(H2,28,29,30);3,6-10,12,14H,2,4-5,11H2,1H3,(H2,28,29,30). The number of methoxy groups -OCH3 is 2. The Bertz CT molecular complexity index is 3940. The van der Waals surface area contributed by atoms with E-state index in [0.29, 0.717) is 56.2 Å². The normalized spacial score (nSPS) is 14.2. The fourth-order valence-corrected chi connectivity index (χ4v) is 9.26. The molecular formula is C50H42F4N14O4. The quantitative estimate of drug-likeness (QED) is 0.124. The minimum Gasteiger partial charge on any atom is -0.494 e. The topological polar surface area (TPSA) is 227 Å². The van der Waals surface area contributed by atoms with E-state index in [1.165, 1.54) is 75.4 Å². The maximum atomic E-state index is 14.6. The summed E-state index contributed by atoms with van der Waals surface area (Å²) in [7, 11) is 2.77. The van der Waals surface area contributed by atoms with Crippen molar-refractivity contribution in [1.82, 2.24) is 58.6 Å². The number of rotatable bonds is 10. The van der Waals surface area contributed by atoms with E-state index < -0.39 is 40.4 Å². The number of halogens is 4. The summed E-state index contributed by atoms with van der Waals surface area (Å²) in [6.07, 6.45) is 6.82. The zero-order chi connectivity index (χ0) is 50.1. The molecule has 12 rings (SSSR count). The highest BCUT2D eigenvalue weighted by Crippen LogP contribution is 2.39. The van der Waals surface area contributed by atoms with Crippen molar-refractivity contribution in [3.05, 3.63) is 141 Å². The molecule has 6 aromatic heterocycles. The molecule has 18 nitrogen and oxygen atoms in total. The van der Waals surface area contributed by atoms with Crippen LogP contribution in [0.3, 0.4) is 0 Å². The summed E-state index contributed by atoms with van der Waals surface area (Å²) < 4.78 is 74.5. The van der Waals surface area contributed by atoms with Gasteiger partial charge in [-0.15, -0.1) is 0 Å². The Hall–Kier alpha value is -8.82. The van der Waals surface area contributed by atoms with Crippen molar-refractivity contribution in [2.75, 3.05) is 25.7 Å². The molecule has 6 heterocycles. The average molecular weight is 979 g/mol. The molecule has 1 unspecified atom stereocenters. The number of hydrogen-bond acceptors (Lipinski definition) is 14. The van der Waals surface area contributed by atoms with E-state index >= 15 is 0 Å². The van der Waals surface area contributed by atoms with Crippen LogP contribution in [0.4, 0.5) is 29.2 Å². The zero-order valence-corrected chi connectivity index (χ0v) is 38.7. The summed E-state index contributed by atoms with van der Waals surface area (Å²) in [5.41, 5.74) is 14.6. The number of nitrogens with zero attached hydrogens (tertiary/aromatic N) is 12. The van der Waals surface area contributed by atoms with Crippen molar-refractivity contribution >= 4 is 55.5 Å². The average Bonchev–Trinajstić information content (AvgIpc) is 4.01. The van der Waals surface area contributed by atoms with Crippen molar-refractivity contribution in [2.45, 2.75) is 63.7 Å². The second-order valence-corrected chi connectivity index (χ2v) is 17.5. The van der Waals surface area contributed by atoms with Gasteiger partial charge in [-0.05, 0) is 99.7 Å². The molecule has 364 valence electrons. The van der Waals surface area contributed by atoms with Gasteiger partial charge in [0.25, 0.3) is 11.1 Å². The molecule has 22 heteroatoms.